The van der Waals surface area contributed by atoms with Gasteiger partial charge in [-0.3, -0.25) is 0 Å². The van der Waals surface area contributed by atoms with Crippen molar-refractivity contribution in [2.75, 3.05) is 31.6 Å². The molecule has 2 heterocycles. The molecule has 0 aromatic carbocycles. The molecule has 1 saturated heterocycles. The van der Waals surface area contributed by atoms with Crippen molar-refractivity contribution in [1.82, 2.24) is 9.88 Å². The van der Waals surface area contributed by atoms with Crippen LogP contribution in [0.4, 0.5) is 10.5 Å². The summed E-state index contributed by atoms with van der Waals surface area (Å²) in [6.45, 7) is 9.75. The van der Waals surface area contributed by atoms with Crippen LogP contribution in [0.15, 0.2) is 18.3 Å². The van der Waals surface area contributed by atoms with Gasteiger partial charge < -0.3 is 19.3 Å². The second-order valence-corrected chi connectivity index (χ2v) is 7.46. The molecule has 1 aromatic heterocycles. The summed E-state index contributed by atoms with van der Waals surface area (Å²) in [5.41, 5.74) is 0.717. The molecule has 0 bridgehead atoms. The zero-order valence-corrected chi connectivity index (χ0v) is 16.3. The molecule has 2 rings (SSSR count). The third kappa shape index (κ3) is 5.09. The van der Waals surface area contributed by atoms with Crippen LogP contribution in [0, 0.1) is 0 Å². The van der Waals surface area contributed by atoms with Crippen molar-refractivity contribution in [1.29, 1.82) is 0 Å². The number of aromatic nitrogens is 1. The lowest BCUT2D eigenvalue weighted by Crippen LogP contribution is -2.56. The van der Waals surface area contributed by atoms with Gasteiger partial charge in [0.2, 0.25) is 0 Å². The van der Waals surface area contributed by atoms with Crippen molar-refractivity contribution in [3.8, 4) is 0 Å². The summed E-state index contributed by atoms with van der Waals surface area (Å²) in [4.78, 5) is 32.2. The third-order valence-electron chi connectivity index (χ3n) is 4.24. The maximum absolute atomic E-state index is 12.5. The average Bonchev–Trinajstić information content (AvgIpc) is 2.60. The first kappa shape index (κ1) is 20.0. The second kappa shape index (κ2) is 8.38. The van der Waals surface area contributed by atoms with Crippen LogP contribution in [0.25, 0.3) is 0 Å². The van der Waals surface area contributed by atoms with E-state index >= 15 is 0 Å². The lowest BCUT2D eigenvalue weighted by Gasteiger charge is -2.42. The monoisotopic (exact) mass is 363 g/mol. The third-order valence-corrected chi connectivity index (χ3v) is 4.24. The van der Waals surface area contributed by atoms with E-state index in [0.29, 0.717) is 19.6 Å². The van der Waals surface area contributed by atoms with E-state index in [0.717, 1.165) is 18.5 Å². The first-order chi connectivity index (χ1) is 12.2. The molecule has 0 aliphatic carbocycles. The smallest absolute Gasteiger partial charge is 0.410 e. The fourth-order valence-corrected chi connectivity index (χ4v) is 3.03. The van der Waals surface area contributed by atoms with Crippen LogP contribution in [-0.2, 0) is 9.47 Å². The highest BCUT2D eigenvalue weighted by Crippen LogP contribution is 2.23. The Hall–Kier alpha value is -2.31. The van der Waals surface area contributed by atoms with Gasteiger partial charge in [0.25, 0.3) is 0 Å². The van der Waals surface area contributed by atoms with Gasteiger partial charge in [-0.15, -0.1) is 0 Å². The number of rotatable bonds is 4. The number of amides is 1. The number of ether oxygens (including phenoxy) is 2. The molecule has 144 valence electrons. The maximum atomic E-state index is 12.5. The van der Waals surface area contributed by atoms with Gasteiger partial charge >= 0.3 is 12.1 Å². The van der Waals surface area contributed by atoms with E-state index in [9.17, 15) is 9.59 Å². The van der Waals surface area contributed by atoms with Crippen LogP contribution >= 0.6 is 0 Å². The predicted octanol–water partition coefficient (Wildman–Crippen LogP) is 3.09. The van der Waals surface area contributed by atoms with Crippen LogP contribution in [0.2, 0.25) is 0 Å². The molecular formula is C19H29N3O4. The number of carbonyl (C=O) groups is 2. The van der Waals surface area contributed by atoms with E-state index in [1.54, 1.807) is 12.3 Å². The van der Waals surface area contributed by atoms with Gasteiger partial charge in [-0.1, -0.05) is 13.3 Å². The van der Waals surface area contributed by atoms with Gasteiger partial charge in [0.1, 0.15) is 11.3 Å². The number of piperazine rings is 1. The van der Waals surface area contributed by atoms with Crippen LogP contribution in [0.1, 0.15) is 51.0 Å². The Morgan fingerprint density at radius 3 is 2.54 bits per heavy atom. The molecule has 1 aliphatic rings. The minimum absolute atomic E-state index is 0.0869. The number of pyridine rings is 1. The quantitative estimate of drug-likeness (QED) is 0.766. The zero-order valence-electron chi connectivity index (χ0n) is 16.3. The van der Waals surface area contributed by atoms with Gasteiger partial charge in [-0.25, -0.2) is 14.6 Å². The number of hydrogen-bond acceptors (Lipinski definition) is 6. The van der Waals surface area contributed by atoms with Gasteiger partial charge in [-0.05, 0) is 39.3 Å². The van der Waals surface area contributed by atoms with Crippen molar-refractivity contribution >= 4 is 17.7 Å². The van der Waals surface area contributed by atoms with E-state index in [1.807, 2.05) is 31.7 Å². The van der Waals surface area contributed by atoms with E-state index in [2.05, 4.69) is 21.5 Å². The van der Waals surface area contributed by atoms with Crippen LogP contribution in [0.5, 0.6) is 0 Å². The van der Waals surface area contributed by atoms with E-state index < -0.39 is 11.6 Å². The molecule has 1 aliphatic heterocycles. The molecule has 1 aromatic rings. The highest BCUT2D eigenvalue weighted by Gasteiger charge is 2.33. The highest BCUT2D eigenvalue weighted by atomic mass is 16.6. The van der Waals surface area contributed by atoms with E-state index in [4.69, 9.17) is 4.74 Å². The Bertz CT molecular complexity index is 625. The van der Waals surface area contributed by atoms with E-state index in [-0.39, 0.29) is 17.8 Å². The Morgan fingerprint density at radius 2 is 2.00 bits per heavy atom. The Kier molecular flexibility index (Phi) is 6.45. The minimum Gasteiger partial charge on any atom is -0.464 e. The Balaban J connectivity index is 2.09. The summed E-state index contributed by atoms with van der Waals surface area (Å²) in [7, 11) is 1.34. The number of nitrogens with zero attached hydrogens (tertiary/aromatic N) is 3. The Morgan fingerprint density at radius 1 is 1.27 bits per heavy atom. The largest absolute Gasteiger partial charge is 0.464 e. The predicted molar refractivity (Wildman–Crippen MR) is 99.4 cm³/mol. The van der Waals surface area contributed by atoms with Gasteiger partial charge in [0.15, 0.2) is 0 Å². The molecule has 0 saturated carbocycles. The van der Waals surface area contributed by atoms with Crippen molar-refractivity contribution in [2.24, 2.45) is 0 Å². The normalized spacial score (nSPS) is 17.8. The highest BCUT2D eigenvalue weighted by molar-refractivity contribution is 5.87. The van der Waals surface area contributed by atoms with Gasteiger partial charge in [0.05, 0.1) is 25.0 Å². The van der Waals surface area contributed by atoms with Crippen molar-refractivity contribution in [3.05, 3.63) is 24.0 Å². The SMILES string of the molecule is CCC[C@H]1CN(c2ccc(C(=O)OC)nc2)CCN1C(=O)OC(C)(C)C. The van der Waals surface area contributed by atoms with Crippen LogP contribution in [0.3, 0.4) is 0 Å². The molecule has 1 fully saturated rings. The molecule has 0 spiro atoms. The van der Waals surface area contributed by atoms with Gasteiger partial charge in [0, 0.05) is 19.6 Å². The van der Waals surface area contributed by atoms with Crippen LogP contribution in [-0.4, -0.2) is 60.3 Å². The summed E-state index contributed by atoms with van der Waals surface area (Å²) in [6, 6.07) is 3.62. The number of methoxy groups -OCH3 is 1. The van der Waals surface area contributed by atoms with Crippen molar-refractivity contribution in [3.63, 3.8) is 0 Å². The summed E-state index contributed by atoms with van der Waals surface area (Å²) in [5.74, 6) is -0.449. The number of hydrogen-bond donors (Lipinski definition) is 0. The number of anilines is 1. The van der Waals surface area contributed by atoms with Crippen LogP contribution < -0.4 is 4.90 Å². The first-order valence-corrected chi connectivity index (χ1v) is 9.04. The molecule has 0 N–H and O–H groups in total. The summed E-state index contributed by atoms with van der Waals surface area (Å²) < 4.78 is 10.2. The molecule has 0 radical (unpaired) electrons. The molecule has 1 amide bonds. The zero-order chi connectivity index (χ0) is 19.3. The Labute approximate surface area is 155 Å². The fourth-order valence-electron chi connectivity index (χ4n) is 3.03. The molecule has 7 heteroatoms. The topological polar surface area (TPSA) is 72.0 Å². The standard InChI is InChI=1S/C19H29N3O4/c1-6-7-15-13-21(10-11-22(15)18(24)26-19(2,3)4)14-8-9-16(20-12-14)17(23)25-5/h8-9,12,15H,6-7,10-11,13H2,1-5H3/t15-/m0/s1. The minimum atomic E-state index is -0.501. The molecular weight excluding hydrogens is 334 g/mol. The molecule has 1 atom stereocenters. The number of carbonyl (C=O) groups excluding carboxylic acids is 2. The summed E-state index contributed by atoms with van der Waals surface area (Å²) in [5, 5.41) is 0. The number of esters is 1. The van der Waals surface area contributed by atoms with E-state index in [1.165, 1.54) is 7.11 Å². The summed E-state index contributed by atoms with van der Waals surface area (Å²) >= 11 is 0. The second-order valence-electron chi connectivity index (χ2n) is 7.46. The fraction of sp³-hybridized carbons (Fsp3) is 0.632. The summed E-state index contributed by atoms with van der Waals surface area (Å²) in [6.07, 6.45) is 3.31. The lowest BCUT2D eigenvalue weighted by atomic mass is 10.1. The molecule has 7 nitrogen and oxygen atoms in total. The maximum Gasteiger partial charge on any atom is 0.410 e. The lowest BCUT2D eigenvalue weighted by molar-refractivity contribution is 0.0131. The molecule has 26 heavy (non-hydrogen) atoms. The average molecular weight is 363 g/mol. The molecule has 0 unspecified atom stereocenters. The van der Waals surface area contributed by atoms with Crippen molar-refractivity contribution in [2.45, 2.75) is 52.2 Å². The van der Waals surface area contributed by atoms with Gasteiger partial charge in [-0.2, -0.15) is 0 Å². The van der Waals surface area contributed by atoms with Crippen molar-refractivity contribution < 1.29 is 19.1 Å². The first-order valence-electron chi connectivity index (χ1n) is 9.04.